The fourth-order valence-corrected chi connectivity index (χ4v) is 3.73. The van der Waals surface area contributed by atoms with Crippen molar-refractivity contribution in [1.82, 2.24) is 20.1 Å². The first-order chi connectivity index (χ1) is 13.8. The third kappa shape index (κ3) is 4.56. The van der Waals surface area contributed by atoms with Crippen molar-refractivity contribution in [3.63, 3.8) is 0 Å². The molecule has 0 aliphatic carbocycles. The molecule has 29 heavy (non-hydrogen) atoms. The number of rotatable bonds is 5. The van der Waals surface area contributed by atoms with Gasteiger partial charge in [-0.1, -0.05) is 12.1 Å². The second kappa shape index (κ2) is 8.61. The number of likely N-dealkylation sites (N-methyl/N-ethyl adjacent to an activating group) is 1. The van der Waals surface area contributed by atoms with E-state index < -0.39 is 0 Å². The smallest absolute Gasteiger partial charge is 0.268 e. The number of Topliss-reactive ketones (excluding diaryl/α,β-unsaturated/α-hetero) is 1. The van der Waals surface area contributed by atoms with E-state index in [0.29, 0.717) is 34.6 Å². The van der Waals surface area contributed by atoms with Gasteiger partial charge in [-0.25, -0.2) is 0 Å². The van der Waals surface area contributed by atoms with E-state index >= 15 is 0 Å². The SMILES string of the molecule is CC(=O)c1c(C)[nH]c(C(=O)NCc2ccc(C(=O)N3CCN(C)CC3)cc2)c1C. The Morgan fingerprint density at radius 2 is 1.66 bits per heavy atom. The highest BCUT2D eigenvalue weighted by molar-refractivity contribution is 6.02. The van der Waals surface area contributed by atoms with Crippen LogP contribution in [0.25, 0.3) is 0 Å². The normalized spacial score (nSPS) is 14.7. The van der Waals surface area contributed by atoms with Crippen molar-refractivity contribution in [3.05, 3.63) is 57.9 Å². The first kappa shape index (κ1) is 20.8. The number of aromatic nitrogens is 1. The van der Waals surface area contributed by atoms with Crippen LogP contribution in [0.1, 0.15) is 54.9 Å². The zero-order valence-electron chi connectivity index (χ0n) is 17.5. The van der Waals surface area contributed by atoms with Gasteiger partial charge >= 0.3 is 0 Å². The minimum Gasteiger partial charge on any atom is -0.354 e. The molecule has 2 amide bonds. The van der Waals surface area contributed by atoms with Gasteiger partial charge in [0.2, 0.25) is 0 Å². The van der Waals surface area contributed by atoms with Crippen molar-refractivity contribution in [2.75, 3.05) is 33.2 Å². The summed E-state index contributed by atoms with van der Waals surface area (Å²) in [6.07, 6.45) is 0. The summed E-state index contributed by atoms with van der Waals surface area (Å²) in [5, 5.41) is 2.87. The van der Waals surface area contributed by atoms with E-state index in [0.717, 1.165) is 31.7 Å². The van der Waals surface area contributed by atoms with Crippen LogP contribution in [0.4, 0.5) is 0 Å². The standard InChI is InChI=1S/C22H28N4O3/c1-14-19(16(3)27)15(2)24-20(14)21(28)23-13-17-5-7-18(8-6-17)22(29)26-11-9-25(4)10-12-26/h5-8,24H,9-13H2,1-4H3,(H,23,28). The lowest BCUT2D eigenvalue weighted by Gasteiger charge is -2.32. The van der Waals surface area contributed by atoms with Gasteiger partial charge in [0.05, 0.1) is 0 Å². The fraction of sp³-hybridized carbons (Fsp3) is 0.409. The number of benzene rings is 1. The van der Waals surface area contributed by atoms with Crippen LogP contribution >= 0.6 is 0 Å². The van der Waals surface area contributed by atoms with E-state index in [2.05, 4.69) is 22.2 Å². The largest absolute Gasteiger partial charge is 0.354 e. The monoisotopic (exact) mass is 396 g/mol. The predicted octanol–water partition coefficient (Wildman–Crippen LogP) is 2.15. The number of H-pyrrole nitrogens is 1. The Labute approximate surface area is 171 Å². The highest BCUT2D eigenvalue weighted by Crippen LogP contribution is 2.18. The van der Waals surface area contributed by atoms with Crippen molar-refractivity contribution in [2.45, 2.75) is 27.3 Å². The molecule has 1 aromatic heterocycles. The molecule has 1 aliphatic rings. The number of nitrogens with zero attached hydrogens (tertiary/aromatic N) is 2. The lowest BCUT2D eigenvalue weighted by molar-refractivity contribution is 0.0663. The number of piperazine rings is 1. The topological polar surface area (TPSA) is 85.5 Å². The molecule has 7 nitrogen and oxygen atoms in total. The summed E-state index contributed by atoms with van der Waals surface area (Å²) in [6.45, 7) is 8.65. The Balaban J connectivity index is 1.60. The zero-order valence-corrected chi connectivity index (χ0v) is 17.5. The highest BCUT2D eigenvalue weighted by Gasteiger charge is 2.21. The first-order valence-electron chi connectivity index (χ1n) is 9.83. The number of ketones is 1. The van der Waals surface area contributed by atoms with Gasteiger partial charge in [0.15, 0.2) is 5.78 Å². The average molecular weight is 396 g/mol. The molecule has 1 aliphatic heterocycles. The maximum absolute atomic E-state index is 12.6. The molecule has 0 radical (unpaired) electrons. The van der Waals surface area contributed by atoms with Crippen LogP contribution < -0.4 is 5.32 Å². The number of amides is 2. The van der Waals surface area contributed by atoms with Gasteiger partial charge in [-0.3, -0.25) is 14.4 Å². The molecule has 0 unspecified atom stereocenters. The number of hydrogen-bond acceptors (Lipinski definition) is 4. The number of aromatic amines is 1. The van der Waals surface area contributed by atoms with Crippen molar-refractivity contribution < 1.29 is 14.4 Å². The lowest BCUT2D eigenvalue weighted by atomic mass is 10.1. The van der Waals surface area contributed by atoms with E-state index in [1.54, 1.807) is 26.0 Å². The van der Waals surface area contributed by atoms with Crippen LogP contribution in [0.2, 0.25) is 0 Å². The van der Waals surface area contributed by atoms with Gasteiger partial charge in [0.1, 0.15) is 5.69 Å². The fourth-order valence-electron chi connectivity index (χ4n) is 3.73. The molecule has 2 N–H and O–H groups in total. The third-order valence-electron chi connectivity index (χ3n) is 5.46. The molecule has 0 bridgehead atoms. The molecule has 2 aromatic rings. The number of nitrogens with one attached hydrogen (secondary N) is 2. The number of aryl methyl sites for hydroxylation is 1. The molecule has 7 heteroatoms. The molecule has 3 rings (SSSR count). The zero-order chi connectivity index (χ0) is 21.1. The van der Waals surface area contributed by atoms with Crippen LogP contribution in [0.3, 0.4) is 0 Å². The molecular weight excluding hydrogens is 368 g/mol. The second-order valence-electron chi connectivity index (χ2n) is 7.66. The Bertz CT molecular complexity index is 922. The quantitative estimate of drug-likeness (QED) is 0.759. The summed E-state index contributed by atoms with van der Waals surface area (Å²) in [7, 11) is 2.06. The van der Waals surface area contributed by atoms with E-state index in [9.17, 15) is 14.4 Å². The molecule has 0 saturated carbocycles. The first-order valence-corrected chi connectivity index (χ1v) is 9.83. The lowest BCUT2D eigenvalue weighted by Crippen LogP contribution is -2.47. The summed E-state index contributed by atoms with van der Waals surface area (Å²) in [5.74, 6) is -0.269. The van der Waals surface area contributed by atoms with E-state index in [4.69, 9.17) is 0 Å². The molecular formula is C22H28N4O3. The third-order valence-corrected chi connectivity index (χ3v) is 5.46. The van der Waals surface area contributed by atoms with Gasteiger partial charge in [0, 0.05) is 49.5 Å². The summed E-state index contributed by atoms with van der Waals surface area (Å²) < 4.78 is 0. The van der Waals surface area contributed by atoms with Crippen molar-refractivity contribution >= 4 is 17.6 Å². The van der Waals surface area contributed by atoms with Gasteiger partial charge in [0.25, 0.3) is 11.8 Å². The minimum absolute atomic E-state index is 0.0444. The summed E-state index contributed by atoms with van der Waals surface area (Å²) in [6, 6.07) is 7.33. The van der Waals surface area contributed by atoms with E-state index in [1.807, 2.05) is 17.0 Å². The number of carbonyl (C=O) groups excluding carboxylic acids is 3. The highest BCUT2D eigenvalue weighted by atomic mass is 16.2. The molecule has 1 aromatic carbocycles. The number of hydrogen-bond donors (Lipinski definition) is 2. The van der Waals surface area contributed by atoms with Crippen LogP contribution in [-0.4, -0.2) is 65.6 Å². The van der Waals surface area contributed by atoms with Crippen LogP contribution in [-0.2, 0) is 6.54 Å². The molecule has 154 valence electrons. The van der Waals surface area contributed by atoms with Crippen molar-refractivity contribution in [3.8, 4) is 0 Å². The maximum atomic E-state index is 12.6. The Hall–Kier alpha value is -2.93. The van der Waals surface area contributed by atoms with Crippen LogP contribution in [0, 0.1) is 13.8 Å². The Kier molecular flexibility index (Phi) is 6.17. The van der Waals surface area contributed by atoms with Crippen LogP contribution in [0.15, 0.2) is 24.3 Å². The molecule has 1 saturated heterocycles. The Morgan fingerprint density at radius 3 is 2.21 bits per heavy atom. The molecule has 0 atom stereocenters. The van der Waals surface area contributed by atoms with Crippen LogP contribution in [0.5, 0.6) is 0 Å². The van der Waals surface area contributed by atoms with Crippen molar-refractivity contribution in [1.29, 1.82) is 0 Å². The predicted molar refractivity (Wildman–Crippen MR) is 111 cm³/mol. The molecule has 0 spiro atoms. The van der Waals surface area contributed by atoms with Gasteiger partial charge in [-0.15, -0.1) is 0 Å². The average Bonchev–Trinajstić information content (AvgIpc) is 3.01. The summed E-state index contributed by atoms with van der Waals surface area (Å²) in [4.78, 5) is 43.9. The maximum Gasteiger partial charge on any atom is 0.268 e. The van der Waals surface area contributed by atoms with Gasteiger partial charge < -0.3 is 20.1 Å². The molecule has 1 fully saturated rings. The Morgan fingerprint density at radius 1 is 1.03 bits per heavy atom. The van der Waals surface area contributed by atoms with Crippen molar-refractivity contribution in [2.24, 2.45) is 0 Å². The minimum atomic E-state index is -0.254. The van der Waals surface area contributed by atoms with Gasteiger partial charge in [-0.05, 0) is 51.1 Å². The molecule has 2 heterocycles. The summed E-state index contributed by atoms with van der Waals surface area (Å²) in [5.41, 5.74) is 3.91. The number of carbonyl (C=O) groups is 3. The van der Waals surface area contributed by atoms with E-state index in [-0.39, 0.29) is 17.6 Å². The second-order valence-corrected chi connectivity index (χ2v) is 7.66. The van der Waals surface area contributed by atoms with E-state index in [1.165, 1.54) is 6.92 Å². The summed E-state index contributed by atoms with van der Waals surface area (Å²) >= 11 is 0. The van der Waals surface area contributed by atoms with Gasteiger partial charge in [-0.2, -0.15) is 0 Å².